The molecule has 7 heteroatoms. The second kappa shape index (κ2) is 6.58. The quantitative estimate of drug-likeness (QED) is 0.698. The van der Waals surface area contributed by atoms with Crippen molar-refractivity contribution < 1.29 is 19.1 Å². The second-order valence-electron chi connectivity index (χ2n) is 3.99. The Kier molecular flexibility index (Phi) is 4.56. The third kappa shape index (κ3) is 3.72. The number of nitrogens with one attached hydrogen (secondary N) is 2. The maximum atomic E-state index is 11.6. The van der Waals surface area contributed by atoms with Crippen molar-refractivity contribution in [3.05, 3.63) is 52.3 Å². The lowest BCUT2D eigenvalue weighted by atomic mass is 10.3. The fourth-order valence-electron chi connectivity index (χ4n) is 1.50. The van der Waals surface area contributed by atoms with E-state index in [1.54, 1.807) is 12.1 Å². The SMILES string of the molecule is O=C(COc1c[nH]c(CO)cc1=O)NCc1ccco1. The Morgan fingerprint density at radius 2 is 2.35 bits per heavy atom. The van der Waals surface area contributed by atoms with Gasteiger partial charge in [0.25, 0.3) is 5.91 Å². The smallest absolute Gasteiger partial charge is 0.258 e. The van der Waals surface area contributed by atoms with Gasteiger partial charge < -0.3 is 24.6 Å². The molecule has 0 aliphatic heterocycles. The van der Waals surface area contributed by atoms with Crippen LogP contribution in [0.5, 0.6) is 5.75 Å². The molecule has 2 aromatic heterocycles. The molecular formula is C13H14N2O5. The number of hydrogen-bond acceptors (Lipinski definition) is 5. The predicted molar refractivity (Wildman–Crippen MR) is 69.0 cm³/mol. The average molecular weight is 278 g/mol. The molecule has 2 aromatic rings. The molecule has 20 heavy (non-hydrogen) atoms. The molecule has 0 saturated heterocycles. The number of aliphatic hydroxyl groups is 1. The number of rotatable bonds is 6. The van der Waals surface area contributed by atoms with Crippen LogP contribution in [0.2, 0.25) is 0 Å². The number of ether oxygens (including phenoxy) is 1. The van der Waals surface area contributed by atoms with Gasteiger partial charge in [0.15, 0.2) is 12.4 Å². The Hall–Kier alpha value is -2.54. The Morgan fingerprint density at radius 3 is 3.00 bits per heavy atom. The minimum Gasteiger partial charge on any atom is -0.478 e. The van der Waals surface area contributed by atoms with Gasteiger partial charge in [-0.15, -0.1) is 0 Å². The van der Waals surface area contributed by atoms with Crippen LogP contribution in [0.15, 0.2) is 39.9 Å². The highest BCUT2D eigenvalue weighted by atomic mass is 16.5. The van der Waals surface area contributed by atoms with E-state index in [9.17, 15) is 9.59 Å². The Labute approximate surface area is 114 Å². The van der Waals surface area contributed by atoms with Crippen LogP contribution in [0, 0.1) is 0 Å². The van der Waals surface area contributed by atoms with Crippen molar-refractivity contribution in [1.82, 2.24) is 10.3 Å². The summed E-state index contributed by atoms with van der Waals surface area (Å²) in [4.78, 5) is 25.8. The first-order valence-corrected chi connectivity index (χ1v) is 5.93. The third-order valence-electron chi connectivity index (χ3n) is 2.51. The van der Waals surface area contributed by atoms with E-state index in [0.29, 0.717) is 11.5 Å². The number of aromatic nitrogens is 1. The minimum absolute atomic E-state index is 0.0235. The van der Waals surface area contributed by atoms with Crippen LogP contribution in [0.3, 0.4) is 0 Å². The highest BCUT2D eigenvalue weighted by Gasteiger charge is 2.07. The third-order valence-corrected chi connectivity index (χ3v) is 2.51. The summed E-state index contributed by atoms with van der Waals surface area (Å²) in [6.45, 7) is -0.281. The van der Waals surface area contributed by atoms with Crippen molar-refractivity contribution >= 4 is 5.91 Å². The van der Waals surface area contributed by atoms with Crippen molar-refractivity contribution in [2.24, 2.45) is 0 Å². The van der Waals surface area contributed by atoms with Crippen molar-refractivity contribution in [2.75, 3.05) is 6.61 Å². The Bertz CT molecular complexity index is 618. The van der Waals surface area contributed by atoms with Gasteiger partial charge in [-0.2, -0.15) is 0 Å². The van der Waals surface area contributed by atoms with Crippen LogP contribution in [0.25, 0.3) is 0 Å². The van der Waals surface area contributed by atoms with Gasteiger partial charge in [0.1, 0.15) is 5.76 Å². The van der Waals surface area contributed by atoms with E-state index in [0.717, 1.165) is 0 Å². The Balaban J connectivity index is 1.82. The number of hydrogen-bond donors (Lipinski definition) is 3. The monoisotopic (exact) mass is 278 g/mol. The van der Waals surface area contributed by atoms with E-state index in [-0.39, 0.29) is 31.4 Å². The van der Waals surface area contributed by atoms with E-state index < -0.39 is 5.43 Å². The summed E-state index contributed by atoms with van der Waals surface area (Å²) in [5.74, 6) is 0.283. The van der Waals surface area contributed by atoms with Gasteiger partial charge in [0, 0.05) is 18.0 Å². The molecule has 106 valence electrons. The van der Waals surface area contributed by atoms with Gasteiger partial charge in [0.2, 0.25) is 5.43 Å². The van der Waals surface area contributed by atoms with E-state index in [4.69, 9.17) is 14.3 Å². The molecule has 0 bridgehead atoms. The van der Waals surface area contributed by atoms with Gasteiger partial charge in [-0.1, -0.05) is 0 Å². The van der Waals surface area contributed by atoms with Crippen LogP contribution >= 0.6 is 0 Å². The number of aromatic amines is 1. The van der Waals surface area contributed by atoms with Gasteiger partial charge >= 0.3 is 0 Å². The number of aliphatic hydroxyl groups excluding tert-OH is 1. The summed E-state index contributed by atoms with van der Waals surface area (Å²) in [5.41, 5.74) is -0.0174. The van der Waals surface area contributed by atoms with Gasteiger partial charge in [-0.25, -0.2) is 0 Å². The zero-order valence-corrected chi connectivity index (χ0v) is 10.6. The number of carbonyl (C=O) groups is 1. The molecule has 0 spiro atoms. The summed E-state index contributed by atoms with van der Waals surface area (Å²) in [6.07, 6.45) is 2.83. The lowest BCUT2D eigenvalue weighted by molar-refractivity contribution is -0.123. The molecule has 2 rings (SSSR count). The van der Waals surface area contributed by atoms with E-state index >= 15 is 0 Å². The van der Waals surface area contributed by atoms with Crippen LogP contribution in [0.4, 0.5) is 0 Å². The molecule has 0 aliphatic rings. The molecule has 3 N–H and O–H groups in total. The number of pyridine rings is 1. The number of H-pyrrole nitrogens is 1. The van der Waals surface area contributed by atoms with Crippen molar-refractivity contribution in [2.45, 2.75) is 13.2 Å². The molecule has 0 aromatic carbocycles. The largest absolute Gasteiger partial charge is 0.478 e. The van der Waals surface area contributed by atoms with Crippen LogP contribution in [0.1, 0.15) is 11.5 Å². The number of carbonyl (C=O) groups excluding carboxylic acids is 1. The molecule has 0 unspecified atom stereocenters. The van der Waals surface area contributed by atoms with Crippen LogP contribution in [-0.2, 0) is 17.9 Å². The lowest BCUT2D eigenvalue weighted by Gasteiger charge is -2.06. The minimum atomic E-state index is -0.397. The highest BCUT2D eigenvalue weighted by molar-refractivity contribution is 5.77. The first-order chi connectivity index (χ1) is 9.69. The molecule has 0 radical (unpaired) electrons. The fraction of sp³-hybridized carbons (Fsp3) is 0.231. The topological polar surface area (TPSA) is 105 Å². The van der Waals surface area contributed by atoms with Crippen molar-refractivity contribution in [3.8, 4) is 5.75 Å². The normalized spacial score (nSPS) is 10.2. The zero-order chi connectivity index (χ0) is 14.4. The maximum Gasteiger partial charge on any atom is 0.258 e. The zero-order valence-electron chi connectivity index (χ0n) is 10.6. The van der Waals surface area contributed by atoms with E-state index in [2.05, 4.69) is 10.3 Å². The molecule has 0 aliphatic carbocycles. The molecule has 2 heterocycles. The molecule has 7 nitrogen and oxygen atoms in total. The molecule has 0 fully saturated rings. The van der Waals surface area contributed by atoms with Crippen LogP contribution in [-0.4, -0.2) is 22.6 Å². The molecule has 0 atom stereocenters. The van der Waals surface area contributed by atoms with Gasteiger partial charge in [0.05, 0.1) is 19.4 Å². The van der Waals surface area contributed by atoms with Crippen molar-refractivity contribution in [3.63, 3.8) is 0 Å². The molecule has 0 saturated carbocycles. The highest BCUT2D eigenvalue weighted by Crippen LogP contribution is 2.02. The summed E-state index contributed by atoms with van der Waals surface area (Å²) < 4.78 is 10.2. The van der Waals surface area contributed by atoms with Gasteiger partial charge in [-0.3, -0.25) is 9.59 Å². The first kappa shape index (κ1) is 13.9. The standard InChI is InChI=1S/C13H14N2O5/c16-7-9-4-11(17)12(6-14-9)20-8-13(18)15-5-10-2-1-3-19-10/h1-4,6,16H,5,7-8H2,(H,14,17)(H,15,18). The van der Waals surface area contributed by atoms with Crippen molar-refractivity contribution in [1.29, 1.82) is 0 Å². The summed E-state index contributed by atoms with van der Waals surface area (Å²) in [7, 11) is 0. The first-order valence-electron chi connectivity index (χ1n) is 5.93. The molecule has 1 amide bonds. The predicted octanol–water partition coefficient (Wildman–Crippen LogP) is 0.155. The number of amides is 1. The molecular weight excluding hydrogens is 264 g/mol. The summed E-state index contributed by atoms with van der Waals surface area (Å²) in [5, 5.41) is 11.4. The summed E-state index contributed by atoms with van der Waals surface area (Å²) in [6, 6.07) is 4.68. The number of furan rings is 1. The van der Waals surface area contributed by atoms with Gasteiger partial charge in [-0.05, 0) is 12.1 Å². The average Bonchev–Trinajstić information content (AvgIpc) is 2.97. The van der Waals surface area contributed by atoms with E-state index in [1.807, 2.05) is 0 Å². The second-order valence-corrected chi connectivity index (χ2v) is 3.99. The lowest BCUT2D eigenvalue weighted by Crippen LogP contribution is -2.29. The Morgan fingerprint density at radius 1 is 1.50 bits per heavy atom. The van der Waals surface area contributed by atoms with E-state index in [1.165, 1.54) is 18.5 Å². The van der Waals surface area contributed by atoms with Crippen LogP contribution < -0.4 is 15.5 Å². The summed E-state index contributed by atoms with van der Waals surface area (Å²) >= 11 is 0. The maximum absolute atomic E-state index is 11.6. The fourth-order valence-corrected chi connectivity index (χ4v) is 1.50.